The van der Waals surface area contributed by atoms with E-state index in [-0.39, 0.29) is 11.6 Å². The van der Waals surface area contributed by atoms with Crippen LogP contribution in [0.3, 0.4) is 0 Å². The van der Waals surface area contributed by atoms with Crippen molar-refractivity contribution >= 4 is 5.78 Å². The minimum absolute atomic E-state index is 0.221. The molecule has 0 saturated heterocycles. The van der Waals surface area contributed by atoms with Crippen LogP contribution in [0.5, 0.6) is 0 Å². The number of hydrogen-bond acceptors (Lipinski definition) is 1. The Hall–Kier alpha value is -1.18. The minimum atomic E-state index is -0.531. The molecule has 0 aliphatic heterocycles. The van der Waals surface area contributed by atoms with E-state index in [1.807, 2.05) is 13.8 Å². The highest BCUT2D eigenvalue weighted by molar-refractivity contribution is 5.89. The largest absolute Gasteiger partial charge is 0.299 e. The molecule has 0 aliphatic carbocycles. The van der Waals surface area contributed by atoms with Crippen molar-refractivity contribution in [3.63, 3.8) is 0 Å². The zero-order valence-electron chi connectivity index (χ0n) is 11.1. The number of benzene rings is 1. The Kier molecular flexibility index (Phi) is 4.44. The maximum absolute atomic E-state index is 12.9. The summed E-state index contributed by atoms with van der Waals surface area (Å²) >= 11 is 0. The van der Waals surface area contributed by atoms with E-state index in [4.69, 9.17) is 0 Å². The molecule has 17 heavy (non-hydrogen) atoms. The van der Waals surface area contributed by atoms with Crippen molar-refractivity contribution in [2.45, 2.75) is 46.0 Å². The van der Waals surface area contributed by atoms with Crippen molar-refractivity contribution < 1.29 is 9.18 Å². The van der Waals surface area contributed by atoms with Gasteiger partial charge in [0.15, 0.2) is 0 Å². The molecular weight excluding hydrogens is 215 g/mol. The highest BCUT2D eigenvalue weighted by Gasteiger charge is 2.29. The van der Waals surface area contributed by atoms with Crippen molar-refractivity contribution in [1.82, 2.24) is 0 Å². The fraction of sp³-hybridized carbons (Fsp3) is 0.533. The van der Waals surface area contributed by atoms with Crippen LogP contribution in [0, 0.1) is 11.7 Å². The van der Waals surface area contributed by atoms with Gasteiger partial charge in [-0.3, -0.25) is 4.79 Å². The maximum Gasteiger partial charge on any atom is 0.143 e. The maximum atomic E-state index is 12.9. The highest BCUT2D eigenvalue weighted by atomic mass is 19.1. The van der Waals surface area contributed by atoms with Crippen LogP contribution in [-0.4, -0.2) is 5.78 Å². The average molecular weight is 236 g/mol. The molecule has 0 aromatic heterocycles. The summed E-state index contributed by atoms with van der Waals surface area (Å²) in [6.07, 6.45) is 1.59. The van der Waals surface area contributed by atoms with E-state index in [1.165, 1.54) is 12.1 Å². The molecular formula is C15H21FO. The predicted octanol–water partition coefficient (Wildman–Crippen LogP) is 4.11. The normalized spacial score (nSPS) is 13.5. The van der Waals surface area contributed by atoms with Gasteiger partial charge >= 0.3 is 0 Å². The molecule has 1 aromatic rings. The van der Waals surface area contributed by atoms with Crippen LogP contribution in [0.15, 0.2) is 24.3 Å². The molecule has 0 heterocycles. The molecule has 0 spiro atoms. The van der Waals surface area contributed by atoms with Crippen LogP contribution in [0.25, 0.3) is 0 Å². The summed E-state index contributed by atoms with van der Waals surface area (Å²) < 4.78 is 12.9. The van der Waals surface area contributed by atoms with Gasteiger partial charge in [-0.05, 0) is 37.5 Å². The minimum Gasteiger partial charge on any atom is -0.299 e. The van der Waals surface area contributed by atoms with Crippen LogP contribution in [0.2, 0.25) is 0 Å². The first-order valence-corrected chi connectivity index (χ1v) is 6.17. The first-order chi connectivity index (χ1) is 7.87. The average Bonchev–Trinajstić information content (AvgIpc) is 2.29. The smallest absolute Gasteiger partial charge is 0.143 e. The lowest BCUT2D eigenvalue weighted by molar-refractivity contribution is -0.124. The van der Waals surface area contributed by atoms with E-state index in [0.29, 0.717) is 12.3 Å². The second-order valence-electron chi connectivity index (χ2n) is 5.27. The fourth-order valence-electron chi connectivity index (χ4n) is 1.74. The summed E-state index contributed by atoms with van der Waals surface area (Å²) in [5, 5.41) is 0. The molecule has 1 atom stereocenters. The van der Waals surface area contributed by atoms with Gasteiger partial charge in [0.2, 0.25) is 0 Å². The Labute approximate surface area is 103 Å². The van der Waals surface area contributed by atoms with Gasteiger partial charge in [-0.2, -0.15) is 0 Å². The number of ketones is 1. The van der Waals surface area contributed by atoms with Crippen LogP contribution >= 0.6 is 0 Å². The second-order valence-corrected chi connectivity index (χ2v) is 5.27. The quantitative estimate of drug-likeness (QED) is 0.752. The molecule has 0 radical (unpaired) electrons. The Bertz CT molecular complexity index is 378. The zero-order chi connectivity index (χ0) is 13.1. The summed E-state index contributed by atoms with van der Waals surface area (Å²) in [5.41, 5.74) is 0.351. The van der Waals surface area contributed by atoms with Gasteiger partial charge in [0.1, 0.15) is 11.6 Å². The Balaban J connectivity index is 2.86. The number of hydrogen-bond donors (Lipinski definition) is 0. The summed E-state index contributed by atoms with van der Waals surface area (Å²) in [7, 11) is 0. The van der Waals surface area contributed by atoms with Crippen molar-refractivity contribution in [2.24, 2.45) is 5.92 Å². The molecule has 0 bridgehead atoms. The summed E-state index contributed by atoms with van der Waals surface area (Å²) in [4.78, 5) is 12.2. The molecule has 1 rings (SSSR count). The molecule has 2 heteroatoms. The van der Waals surface area contributed by atoms with Gasteiger partial charge in [0.25, 0.3) is 0 Å². The molecule has 1 nitrogen and oxygen atoms in total. The lowest BCUT2D eigenvalue weighted by Crippen LogP contribution is -2.30. The third kappa shape index (κ3) is 3.39. The molecule has 0 amide bonds. The van der Waals surface area contributed by atoms with Gasteiger partial charge in [-0.15, -0.1) is 0 Å². The van der Waals surface area contributed by atoms with Crippen LogP contribution in [0.4, 0.5) is 4.39 Å². The van der Waals surface area contributed by atoms with Crippen LogP contribution < -0.4 is 0 Å². The van der Waals surface area contributed by atoms with Crippen molar-refractivity contribution in [3.8, 4) is 0 Å². The number of carbonyl (C=O) groups excluding carboxylic acids is 1. The van der Waals surface area contributed by atoms with Gasteiger partial charge in [-0.25, -0.2) is 4.39 Å². The third-order valence-corrected chi connectivity index (χ3v) is 3.49. The monoisotopic (exact) mass is 236 g/mol. The first kappa shape index (κ1) is 13.9. The van der Waals surface area contributed by atoms with E-state index >= 15 is 0 Å². The third-order valence-electron chi connectivity index (χ3n) is 3.49. The number of Topliss-reactive ketones (excluding diaryl/α,β-unsaturated/α-hetero) is 1. The molecule has 0 fully saturated rings. The fourth-order valence-corrected chi connectivity index (χ4v) is 1.74. The Morgan fingerprint density at radius 2 is 1.82 bits per heavy atom. The van der Waals surface area contributed by atoms with Gasteiger partial charge in [-0.1, -0.05) is 32.4 Å². The lowest BCUT2D eigenvalue weighted by atomic mass is 9.77. The lowest BCUT2D eigenvalue weighted by Gasteiger charge is -2.25. The van der Waals surface area contributed by atoms with E-state index in [2.05, 4.69) is 13.8 Å². The summed E-state index contributed by atoms with van der Waals surface area (Å²) in [6, 6.07) is 6.22. The van der Waals surface area contributed by atoms with Gasteiger partial charge in [0.05, 0.1) is 0 Å². The molecule has 1 unspecified atom stereocenters. The van der Waals surface area contributed by atoms with Crippen LogP contribution in [-0.2, 0) is 10.2 Å². The number of carbonyl (C=O) groups is 1. The summed E-state index contributed by atoms with van der Waals surface area (Å²) in [6.45, 7) is 7.98. The first-order valence-electron chi connectivity index (χ1n) is 6.17. The molecule has 94 valence electrons. The summed E-state index contributed by atoms with van der Waals surface area (Å²) in [5.74, 6) is 0.361. The van der Waals surface area contributed by atoms with Gasteiger partial charge in [0, 0.05) is 11.8 Å². The van der Waals surface area contributed by atoms with Crippen molar-refractivity contribution in [2.75, 3.05) is 0 Å². The Morgan fingerprint density at radius 1 is 1.29 bits per heavy atom. The highest BCUT2D eigenvalue weighted by Crippen LogP contribution is 2.27. The molecule has 0 saturated carbocycles. The van der Waals surface area contributed by atoms with Crippen molar-refractivity contribution in [3.05, 3.63) is 35.6 Å². The SMILES string of the molecule is CCC(C)CC(=O)C(C)(C)c1ccc(F)cc1. The second kappa shape index (κ2) is 5.44. The van der Waals surface area contributed by atoms with E-state index in [9.17, 15) is 9.18 Å². The Morgan fingerprint density at radius 3 is 2.29 bits per heavy atom. The molecule has 0 aliphatic rings. The standard InChI is InChI=1S/C15H21FO/c1-5-11(2)10-14(17)15(3,4)12-6-8-13(16)9-7-12/h6-9,11H,5,10H2,1-4H3. The van der Waals surface area contributed by atoms with E-state index < -0.39 is 5.41 Å². The zero-order valence-corrected chi connectivity index (χ0v) is 11.1. The molecule has 0 N–H and O–H groups in total. The number of halogens is 1. The molecule has 1 aromatic carbocycles. The van der Waals surface area contributed by atoms with E-state index in [0.717, 1.165) is 12.0 Å². The van der Waals surface area contributed by atoms with Crippen molar-refractivity contribution in [1.29, 1.82) is 0 Å². The topological polar surface area (TPSA) is 17.1 Å². The van der Waals surface area contributed by atoms with Gasteiger partial charge < -0.3 is 0 Å². The van der Waals surface area contributed by atoms with Crippen LogP contribution in [0.1, 0.15) is 46.1 Å². The predicted molar refractivity (Wildman–Crippen MR) is 68.5 cm³/mol. The number of rotatable bonds is 5. The van der Waals surface area contributed by atoms with E-state index in [1.54, 1.807) is 12.1 Å².